The van der Waals surface area contributed by atoms with E-state index in [2.05, 4.69) is 25.2 Å². The van der Waals surface area contributed by atoms with Crippen LogP contribution in [0.15, 0.2) is 24.3 Å². The Morgan fingerprint density at radius 1 is 1.10 bits per heavy atom. The van der Waals surface area contributed by atoms with Crippen molar-refractivity contribution in [2.45, 2.75) is 58.4 Å². The zero-order chi connectivity index (χ0) is 15.1. The van der Waals surface area contributed by atoms with Crippen LogP contribution < -0.4 is 5.32 Å². The first kappa shape index (κ1) is 16.4. The molecule has 21 heavy (non-hydrogen) atoms. The highest BCUT2D eigenvalue weighted by Crippen LogP contribution is 2.32. The molecule has 1 unspecified atom stereocenters. The van der Waals surface area contributed by atoms with E-state index in [0.29, 0.717) is 6.04 Å². The van der Waals surface area contributed by atoms with Crippen LogP contribution in [0.5, 0.6) is 0 Å². The summed E-state index contributed by atoms with van der Waals surface area (Å²) in [6, 6.07) is 7.74. The van der Waals surface area contributed by atoms with Gasteiger partial charge in [-0.2, -0.15) is 0 Å². The lowest BCUT2D eigenvalue weighted by Crippen LogP contribution is -2.21. The Kier molecular flexibility index (Phi) is 6.65. The molecule has 0 spiro atoms. The van der Waals surface area contributed by atoms with Crippen molar-refractivity contribution >= 4 is 21.4 Å². The van der Waals surface area contributed by atoms with Crippen LogP contribution >= 0.6 is 11.3 Å². The van der Waals surface area contributed by atoms with E-state index in [1.807, 2.05) is 6.07 Å². The molecule has 0 saturated heterocycles. The number of nitrogens with one attached hydrogen (secondary N) is 1. The number of unbranched alkanes of at least 4 members (excludes halogenated alkanes) is 3. The summed E-state index contributed by atoms with van der Waals surface area (Å²) in [5.41, 5.74) is 0. The van der Waals surface area contributed by atoms with E-state index in [9.17, 15) is 4.39 Å². The minimum absolute atomic E-state index is 0.142. The molecule has 2 aromatic rings. The highest BCUT2D eigenvalue weighted by atomic mass is 32.1. The Morgan fingerprint density at radius 2 is 1.95 bits per heavy atom. The Balaban J connectivity index is 2.09. The number of fused-ring (bicyclic) bond motifs is 1. The number of benzene rings is 1. The number of hydrogen-bond acceptors (Lipinski definition) is 2. The van der Waals surface area contributed by atoms with Crippen LogP contribution in [-0.2, 0) is 0 Å². The van der Waals surface area contributed by atoms with Gasteiger partial charge in [-0.05, 0) is 43.0 Å². The Bertz CT molecular complexity index is 549. The van der Waals surface area contributed by atoms with Gasteiger partial charge in [-0.25, -0.2) is 4.39 Å². The minimum Gasteiger partial charge on any atom is -0.309 e. The molecule has 0 amide bonds. The SMILES string of the molecule is CCCCCCC(NCCC)c1cc2ccc(F)cc2s1. The van der Waals surface area contributed by atoms with Gasteiger partial charge in [-0.3, -0.25) is 0 Å². The molecule has 0 aliphatic heterocycles. The van der Waals surface area contributed by atoms with E-state index in [0.717, 1.165) is 23.1 Å². The zero-order valence-corrected chi connectivity index (χ0v) is 13.9. The molecule has 0 saturated carbocycles. The quantitative estimate of drug-likeness (QED) is 0.556. The number of halogens is 1. The molecule has 2 rings (SSSR count). The summed E-state index contributed by atoms with van der Waals surface area (Å²) in [6.45, 7) is 5.48. The highest BCUT2D eigenvalue weighted by molar-refractivity contribution is 7.19. The van der Waals surface area contributed by atoms with Gasteiger partial charge in [0.25, 0.3) is 0 Å². The minimum atomic E-state index is -0.142. The lowest BCUT2D eigenvalue weighted by Gasteiger charge is -2.17. The number of hydrogen-bond donors (Lipinski definition) is 1. The van der Waals surface area contributed by atoms with Gasteiger partial charge < -0.3 is 5.32 Å². The summed E-state index contributed by atoms with van der Waals surface area (Å²) in [6.07, 6.45) is 7.48. The first-order valence-electron chi connectivity index (χ1n) is 8.17. The molecule has 0 aliphatic rings. The van der Waals surface area contributed by atoms with E-state index in [-0.39, 0.29) is 5.82 Å². The van der Waals surface area contributed by atoms with Gasteiger partial charge in [-0.1, -0.05) is 45.6 Å². The highest BCUT2D eigenvalue weighted by Gasteiger charge is 2.14. The van der Waals surface area contributed by atoms with Crippen molar-refractivity contribution in [2.75, 3.05) is 6.54 Å². The van der Waals surface area contributed by atoms with Gasteiger partial charge in [0.2, 0.25) is 0 Å². The fourth-order valence-electron chi connectivity index (χ4n) is 2.64. The second-order valence-corrected chi connectivity index (χ2v) is 6.80. The standard InChI is InChI=1S/C18H26FNS/c1-3-5-6-7-8-16(20-11-4-2)18-12-14-9-10-15(19)13-17(14)21-18/h9-10,12-13,16,20H,3-8,11H2,1-2H3. The lowest BCUT2D eigenvalue weighted by atomic mass is 10.1. The molecule has 0 aliphatic carbocycles. The van der Waals surface area contributed by atoms with E-state index >= 15 is 0 Å². The van der Waals surface area contributed by atoms with Gasteiger partial charge in [0.15, 0.2) is 0 Å². The number of thiophene rings is 1. The Morgan fingerprint density at radius 3 is 2.71 bits per heavy atom. The molecular formula is C18H26FNS. The van der Waals surface area contributed by atoms with Crippen LogP contribution in [-0.4, -0.2) is 6.54 Å². The average Bonchev–Trinajstić information content (AvgIpc) is 2.89. The van der Waals surface area contributed by atoms with Gasteiger partial charge >= 0.3 is 0 Å². The van der Waals surface area contributed by atoms with E-state index in [1.165, 1.54) is 37.0 Å². The van der Waals surface area contributed by atoms with Crippen LogP contribution in [0.4, 0.5) is 4.39 Å². The molecule has 116 valence electrons. The Hall–Kier alpha value is -0.930. The summed E-state index contributed by atoms with van der Waals surface area (Å²) in [4.78, 5) is 1.35. The van der Waals surface area contributed by atoms with Crippen molar-refractivity contribution in [3.63, 3.8) is 0 Å². The van der Waals surface area contributed by atoms with Gasteiger partial charge in [-0.15, -0.1) is 11.3 Å². The normalized spacial score (nSPS) is 12.9. The third kappa shape index (κ3) is 4.79. The smallest absolute Gasteiger partial charge is 0.124 e. The first-order valence-corrected chi connectivity index (χ1v) is 8.98. The van der Waals surface area contributed by atoms with Crippen molar-refractivity contribution in [3.8, 4) is 0 Å². The number of rotatable bonds is 9. The predicted octanol–water partition coefficient (Wildman–Crippen LogP) is 6.05. The second kappa shape index (κ2) is 8.50. The second-order valence-electron chi connectivity index (χ2n) is 5.69. The Labute approximate surface area is 131 Å². The predicted molar refractivity (Wildman–Crippen MR) is 91.6 cm³/mol. The zero-order valence-electron chi connectivity index (χ0n) is 13.1. The third-order valence-electron chi connectivity index (χ3n) is 3.83. The summed E-state index contributed by atoms with van der Waals surface area (Å²) >= 11 is 1.73. The largest absolute Gasteiger partial charge is 0.309 e. The van der Waals surface area contributed by atoms with E-state index < -0.39 is 0 Å². The van der Waals surface area contributed by atoms with E-state index in [4.69, 9.17) is 0 Å². The van der Waals surface area contributed by atoms with Gasteiger partial charge in [0.05, 0.1) is 0 Å². The molecule has 1 heterocycles. The van der Waals surface area contributed by atoms with Gasteiger partial charge in [0, 0.05) is 15.6 Å². The molecule has 1 aromatic carbocycles. The molecule has 3 heteroatoms. The summed E-state index contributed by atoms with van der Waals surface area (Å²) in [5, 5.41) is 4.82. The van der Waals surface area contributed by atoms with Crippen LogP contribution in [0.25, 0.3) is 10.1 Å². The monoisotopic (exact) mass is 307 g/mol. The molecule has 0 radical (unpaired) electrons. The van der Waals surface area contributed by atoms with Crippen LogP contribution in [0, 0.1) is 5.82 Å². The molecule has 1 nitrogen and oxygen atoms in total. The molecule has 1 aromatic heterocycles. The maximum atomic E-state index is 13.3. The average molecular weight is 307 g/mol. The van der Waals surface area contributed by atoms with E-state index in [1.54, 1.807) is 23.5 Å². The molecule has 1 atom stereocenters. The van der Waals surface area contributed by atoms with Crippen molar-refractivity contribution in [1.29, 1.82) is 0 Å². The summed E-state index contributed by atoms with van der Waals surface area (Å²) in [7, 11) is 0. The molecule has 0 bridgehead atoms. The van der Waals surface area contributed by atoms with Crippen molar-refractivity contribution < 1.29 is 4.39 Å². The summed E-state index contributed by atoms with van der Waals surface area (Å²) < 4.78 is 14.4. The van der Waals surface area contributed by atoms with Crippen LogP contribution in [0.3, 0.4) is 0 Å². The topological polar surface area (TPSA) is 12.0 Å². The van der Waals surface area contributed by atoms with Crippen molar-refractivity contribution in [2.24, 2.45) is 0 Å². The summed E-state index contributed by atoms with van der Waals surface area (Å²) in [5.74, 6) is -0.142. The maximum Gasteiger partial charge on any atom is 0.124 e. The molecule has 0 fully saturated rings. The third-order valence-corrected chi connectivity index (χ3v) is 5.04. The fraction of sp³-hybridized carbons (Fsp3) is 0.556. The molecule has 1 N–H and O–H groups in total. The fourth-order valence-corrected chi connectivity index (χ4v) is 3.84. The van der Waals surface area contributed by atoms with Crippen molar-refractivity contribution in [3.05, 3.63) is 35.0 Å². The molecular weight excluding hydrogens is 281 g/mol. The van der Waals surface area contributed by atoms with Crippen LogP contribution in [0.1, 0.15) is 63.3 Å². The van der Waals surface area contributed by atoms with Crippen molar-refractivity contribution in [1.82, 2.24) is 5.32 Å². The van der Waals surface area contributed by atoms with Crippen LogP contribution in [0.2, 0.25) is 0 Å². The first-order chi connectivity index (χ1) is 10.2. The maximum absolute atomic E-state index is 13.3. The van der Waals surface area contributed by atoms with Gasteiger partial charge in [0.1, 0.15) is 5.82 Å². The lowest BCUT2D eigenvalue weighted by molar-refractivity contribution is 0.476.